The molecule has 6 nitrogen and oxygen atoms in total. The molecule has 0 spiro atoms. The number of para-hydroxylation sites is 2. The van der Waals surface area contributed by atoms with Gasteiger partial charge in [0.25, 0.3) is 0 Å². The summed E-state index contributed by atoms with van der Waals surface area (Å²) in [6.07, 6.45) is 0.564. The zero-order chi connectivity index (χ0) is 15.6. The maximum atomic E-state index is 5.99. The molecule has 0 unspecified atom stereocenters. The summed E-state index contributed by atoms with van der Waals surface area (Å²) in [4.78, 5) is 13.2. The normalized spacial score (nSPS) is 11.0. The SMILES string of the molecule is Nc1nc2ccccc2nc1-c1noc(Cc2ccccc2)n1. The third kappa shape index (κ3) is 2.62. The quantitative estimate of drug-likeness (QED) is 0.626. The molecule has 4 aromatic rings. The van der Waals surface area contributed by atoms with Gasteiger partial charge in [-0.05, 0) is 17.7 Å². The number of rotatable bonds is 3. The number of anilines is 1. The van der Waals surface area contributed by atoms with Crippen molar-refractivity contribution in [1.82, 2.24) is 20.1 Å². The van der Waals surface area contributed by atoms with Crippen molar-refractivity contribution in [2.45, 2.75) is 6.42 Å². The Labute approximate surface area is 132 Å². The standard InChI is InChI=1S/C17H13N5O/c18-16-15(19-12-8-4-5-9-13(12)20-16)17-21-14(23-22-17)10-11-6-2-1-3-7-11/h1-9H,10H2,(H2,18,20). The Hall–Kier alpha value is -3.28. The second kappa shape index (κ2) is 5.49. The largest absolute Gasteiger partial charge is 0.382 e. The lowest BCUT2D eigenvalue weighted by atomic mass is 10.1. The molecule has 23 heavy (non-hydrogen) atoms. The molecular formula is C17H13N5O. The van der Waals surface area contributed by atoms with E-state index in [4.69, 9.17) is 10.3 Å². The summed E-state index contributed by atoms with van der Waals surface area (Å²) in [5.74, 6) is 1.16. The Bertz CT molecular complexity index is 965. The topological polar surface area (TPSA) is 90.7 Å². The maximum Gasteiger partial charge on any atom is 0.231 e. The molecule has 0 aliphatic heterocycles. The first-order chi connectivity index (χ1) is 11.3. The molecule has 4 rings (SSSR count). The Morgan fingerprint density at radius 1 is 0.826 bits per heavy atom. The molecule has 0 fully saturated rings. The van der Waals surface area contributed by atoms with Gasteiger partial charge in [0, 0.05) is 0 Å². The fraction of sp³-hybridized carbons (Fsp3) is 0.0588. The number of aromatic nitrogens is 4. The summed E-state index contributed by atoms with van der Waals surface area (Å²) in [7, 11) is 0. The molecule has 0 atom stereocenters. The highest BCUT2D eigenvalue weighted by atomic mass is 16.5. The minimum absolute atomic E-state index is 0.288. The van der Waals surface area contributed by atoms with Crippen LogP contribution in [0, 0.1) is 0 Å². The highest BCUT2D eigenvalue weighted by Gasteiger charge is 2.15. The first-order valence-corrected chi connectivity index (χ1v) is 7.19. The van der Waals surface area contributed by atoms with Gasteiger partial charge in [-0.3, -0.25) is 0 Å². The number of nitrogens with zero attached hydrogens (tertiary/aromatic N) is 4. The summed E-state index contributed by atoms with van der Waals surface area (Å²) < 4.78 is 5.31. The van der Waals surface area contributed by atoms with Crippen LogP contribution in [0.5, 0.6) is 0 Å². The van der Waals surface area contributed by atoms with Crippen LogP contribution in [-0.4, -0.2) is 20.1 Å². The number of hydrogen-bond donors (Lipinski definition) is 1. The monoisotopic (exact) mass is 303 g/mol. The van der Waals surface area contributed by atoms with Crippen molar-refractivity contribution in [3.05, 3.63) is 66.1 Å². The first-order valence-electron chi connectivity index (χ1n) is 7.19. The average Bonchev–Trinajstić information content (AvgIpc) is 3.03. The fourth-order valence-corrected chi connectivity index (χ4v) is 2.37. The van der Waals surface area contributed by atoms with Gasteiger partial charge < -0.3 is 10.3 Å². The van der Waals surface area contributed by atoms with Crippen molar-refractivity contribution in [2.24, 2.45) is 0 Å². The molecule has 112 valence electrons. The van der Waals surface area contributed by atoms with E-state index in [-0.39, 0.29) is 5.82 Å². The van der Waals surface area contributed by atoms with E-state index in [0.29, 0.717) is 23.8 Å². The lowest BCUT2D eigenvalue weighted by molar-refractivity contribution is 0.385. The molecule has 6 heteroatoms. The Morgan fingerprint density at radius 2 is 1.52 bits per heavy atom. The number of nitrogen functional groups attached to an aromatic ring is 1. The van der Waals surface area contributed by atoms with Crippen LogP contribution in [0.2, 0.25) is 0 Å². The van der Waals surface area contributed by atoms with Crippen molar-refractivity contribution in [3.8, 4) is 11.5 Å². The highest BCUT2D eigenvalue weighted by Crippen LogP contribution is 2.23. The van der Waals surface area contributed by atoms with Crippen molar-refractivity contribution in [3.63, 3.8) is 0 Å². The number of fused-ring (bicyclic) bond motifs is 1. The molecule has 0 amide bonds. The van der Waals surface area contributed by atoms with Crippen LogP contribution >= 0.6 is 0 Å². The molecule has 2 heterocycles. The summed E-state index contributed by atoms with van der Waals surface area (Å²) in [5, 5.41) is 3.98. The van der Waals surface area contributed by atoms with Crippen LogP contribution in [0.25, 0.3) is 22.6 Å². The molecule has 0 bridgehead atoms. The zero-order valence-corrected chi connectivity index (χ0v) is 12.2. The van der Waals surface area contributed by atoms with Gasteiger partial charge in [0.1, 0.15) is 0 Å². The van der Waals surface area contributed by atoms with Crippen LogP contribution in [0.15, 0.2) is 59.1 Å². The van der Waals surface area contributed by atoms with Crippen molar-refractivity contribution in [1.29, 1.82) is 0 Å². The van der Waals surface area contributed by atoms with Crippen LogP contribution in [0.4, 0.5) is 5.82 Å². The Morgan fingerprint density at radius 3 is 2.30 bits per heavy atom. The second-order valence-corrected chi connectivity index (χ2v) is 5.12. The van der Waals surface area contributed by atoms with Gasteiger partial charge in [0.2, 0.25) is 11.7 Å². The molecule has 0 radical (unpaired) electrons. The minimum Gasteiger partial charge on any atom is -0.382 e. The van der Waals surface area contributed by atoms with Crippen LogP contribution in [-0.2, 0) is 6.42 Å². The fourth-order valence-electron chi connectivity index (χ4n) is 2.37. The lowest BCUT2D eigenvalue weighted by Crippen LogP contribution is -1.99. The molecule has 0 saturated heterocycles. The van der Waals surface area contributed by atoms with Gasteiger partial charge in [-0.1, -0.05) is 47.6 Å². The van der Waals surface area contributed by atoms with Gasteiger partial charge in [0.05, 0.1) is 17.5 Å². The molecule has 0 aliphatic rings. The van der Waals surface area contributed by atoms with Gasteiger partial charge >= 0.3 is 0 Å². The molecule has 0 saturated carbocycles. The van der Waals surface area contributed by atoms with E-state index < -0.39 is 0 Å². The predicted octanol–water partition coefficient (Wildman–Crippen LogP) is 2.85. The molecule has 0 aliphatic carbocycles. The molecular weight excluding hydrogens is 290 g/mol. The summed E-state index contributed by atoms with van der Waals surface area (Å²) in [6.45, 7) is 0. The molecule has 2 aromatic heterocycles. The molecule has 2 N–H and O–H groups in total. The van der Waals surface area contributed by atoms with E-state index in [1.807, 2.05) is 54.6 Å². The number of benzene rings is 2. The lowest BCUT2D eigenvalue weighted by Gasteiger charge is -2.02. The van der Waals surface area contributed by atoms with E-state index in [2.05, 4.69) is 20.1 Å². The van der Waals surface area contributed by atoms with E-state index in [0.717, 1.165) is 16.6 Å². The smallest absolute Gasteiger partial charge is 0.231 e. The predicted molar refractivity (Wildman–Crippen MR) is 86.5 cm³/mol. The van der Waals surface area contributed by atoms with Gasteiger partial charge in [-0.25, -0.2) is 9.97 Å². The molecule has 2 aromatic carbocycles. The zero-order valence-electron chi connectivity index (χ0n) is 12.2. The summed E-state index contributed by atoms with van der Waals surface area (Å²) >= 11 is 0. The van der Waals surface area contributed by atoms with E-state index >= 15 is 0 Å². The summed E-state index contributed by atoms with van der Waals surface area (Å²) in [5.41, 5.74) is 9.00. The van der Waals surface area contributed by atoms with Crippen molar-refractivity contribution >= 4 is 16.9 Å². The highest BCUT2D eigenvalue weighted by molar-refractivity contribution is 5.80. The van der Waals surface area contributed by atoms with E-state index in [1.165, 1.54) is 0 Å². The van der Waals surface area contributed by atoms with Crippen LogP contribution in [0.3, 0.4) is 0 Å². The van der Waals surface area contributed by atoms with Crippen molar-refractivity contribution in [2.75, 3.05) is 5.73 Å². The summed E-state index contributed by atoms with van der Waals surface area (Å²) in [6, 6.07) is 17.4. The third-order valence-electron chi connectivity index (χ3n) is 3.48. The number of hydrogen-bond acceptors (Lipinski definition) is 6. The van der Waals surface area contributed by atoms with Crippen molar-refractivity contribution < 1.29 is 4.52 Å². The van der Waals surface area contributed by atoms with E-state index in [1.54, 1.807) is 0 Å². The van der Waals surface area contributed by atoms with Crippen LogP contribution < -0.4 is 5.73 Å². The Balaban J connectivity index is 1.70. The minimum atomic E-state index is 0.288. The van der Waals surface area contributed by atoms with Gasteiger partial charge in [0.15, 0.2) is 11.5 Å². The number of nitrogens with two attached hydrogens (primary N) is 1. The second-order valence-electron chi connectivity index (χ2n) is 5.12. The average molecular weight is 303 g/mol. The van der Waals surface area contributed by atoms with Gasteiger partial charge in [-0.15, -0.1) is 0 Å². The first kappa shape index (κ1) is 13.4. The Kier molecular flexibility index (Phi) is 3.20. The van der Waals surface area contributed by atoms with E-state index in [9.17, 15) is 0 Å². The van der Waals surface area contributed by atoms with Crippen LogP contribution in [0.1, 0.15) is 11.5 Å². The maximum absolute atomic E-state index is 5.99. The third-order valence-corrected chi connectivity index (χ3v) is 3.48. The van der Waals surface area contributed by atoms with Gasteiger partial charge in [-0.2, -0.15) is 4.98 Å².